The summed E-state index contributed by atoms with van der Waals surface area (Å²) in [5, 5.41) is 2.78. The fourth-order valence-corrected chi connectivity index (χ4v) is 7.95. The molecule has 1 aliphatic carbocycles. The van der Waals surface area contributed by atoms with Crippen molar-refractivity contribution in [3.8, 4) is 22.3 Å². The summed E-state index contributed by atoms with van der Waals surface area (Å²) >= 11 is 0. The molecule has 1 heterocycles. The van der Waals surface area contributed by atoms with Crippen molar-refractivity contribution in [2.75, 3.05) is 12.5 Å². The zero-order chi connectivity index (χ0) is 19.3. The summed E-state index contributed by atoms with van der Waals surface area (Å²) in [4.78, 5) is 3.06. The molecule has 0 radical (unpaired) electrons. The van der Waals surface area contributed by atoms with Gasteiger partial charge in [-0.05, 0) is 75.4 Å². The Kier molecular flexibility index (Phi) is 2.99. The topological polar surface area (TPSA) is 0 Å². The Bertz CT molecular complexity index is 1300. The fraction of sp³-hybridized carbons (Fsp3) is 0.185. The Labute approximate surface area is 168 Å². The van der Waals surface area contributed by atoms with Gasteiger partial charge in [0.2, 0.25) is 0 Å². The second-order valence-electron chi connectivity index (χ2n) is 9.05. The van der Waals surface area contributed by atoms with E-state index in [1.165, 1.54) is 53.9 Å². The lowest BCUT2D eigenvalue weighted by Crippen LogP contribution is -2.14. The van der Waals surface area contributed by atoms with Gasteiger partial charge in [0.1, 0.15) is 0 Å². The van der Waals surface area contributed by atoms with Gasteiger partial charge in [-0.2, -0.15) is 10.0 Å². The van der Waals surface area contributed by atoms with Crippen LogP contribution in [0.15, 0.2) is 82.6 Å². The Morgan fingerprint density at radius 2 is 1.36 bits per heavy atom. The van der Waals surface area contributed by atoms with Crippen molar-refractivity contribution in [3.63, 3.8) is 0 Å². The summed E-state index contributed by atoms with van der Waals surface area (Å²) < 4.78 is 0. The van der Waals surface area contributed by atoms with E-state index in [1.807, 2.05) is 0 Å². The minimum Gasteiger partial charge on any atom is -0.192 e. The van der Waals surface area contributed by atoms with Gasteiger partial charge in [0.15, 0.2) is 0 Å². The van der Waals surface area contributed by atoms with Gasteiger partial charge in [-0.25, -0.2) is 0 Å². The number of hydrogen-bond donors (Lipinski definition) is 0. The summed E-state index contributed by atoms with van der Waals surface area (Å²) in [6.07, 6.45) is 4.88. The van der Waals surface area contributed by atoms with Crippen LogP contribution in [0, 0.1) is 0 Å². The number of benzene rings is 4. The van der Waals surface area contributed by atoms with E-state index in [0.717, 1.165) is 0 Å². The molecule has 4 aromatic carbocycles. The largest absolute Gasteiger partial charge is 0.192 e. The lowest BCUT2D eigenvalue weighted by Gasteiger charge is -2.28. The number of fused-ring (bicyclic) bond motifs is 8. The summed E-state index contributed by atoms with van der Waals surface area (Å²) in [5.41, 5.74) is 8.69. The predicted octanol–water partition coefficient (Wildman–Crippen LogP) is 7.61. The molecule has 1 aliphatic heterocycles. The molecule has 0 aromatic heterocycles. The van der Waals surface area contributed by atoms with Crippen molar-refractivity contribution >= 4 is 20.8 Å². The van der Waals surface area contributed by atoms with E-state index in [2.05, 4.69) is 99.2 Å². The van der Waals surface area contributed by atoms with Gasteiger partial charge in [-0.1, -0.05) is 62.4 Å². The minimum absolute atomic E-state index is 0.0571. The highest BCUT2D eigenvalue weighted by atomic mass is 32.3. The SMILES string of the molecule is CC1(C)c2ccccc2-c2cc3c4c(ccc3cc21)S(C)(C)c1ccccc1-4. The van der Waals surface area contributed by atoms with Crippen molar-refractivity contribution in [2.24, 2.45) is 0 Å². The predicted molar refractivity (Wildman–Crippen MR) is 123 cm³/mol. The molecule has 0 nitrogen and oxygen atoms in total. The number of hydrogen-bond acceptors (Lipinski definition) is 0. The molecular weight excluding hydrogens is 356 g/mol. The first-order chi connectivity index (χ1) is 13.4. The van der Waals surface area contributed by atoms with Crippen LogP contribution < -0.4 is 0 Å². The third-order valence-electron chi connectivity index (χ3n) is 6.94. The molecule has 0 saturated carbocycles. The van der Waals surface area contributed by atoms with Crippen molar-refractivity contribution < 1.29 is 0 Å². The first kappa shape index (κ1) is 16.4. The Morgan fingerprint density at radius 1 is 0.643 bits per heavy atom. The second kappa shape index (κ2) is 5.10. The Hall–Kier alpha value is -2.51. The van der Waals surface area contributed by atoms with Gasteiger partial charge in [-0.15, -0.1) is 0 Å². The van der Waals surface area contributed by atoms with E-state index in [0.29, 0.717) is 0 Å². The monoisotopic (exact) mass is 380 g/mol. The minimum atomic E-state index is -0.954. The molecule has 2 aliphatic rings. The van der Waals surface area contributed by atoms with E-state index in [4.69, 9.17) is 0 Å². The fourth-order valence-electron chi connectivity index (χ4n) is 5.44. The van der Waals surface area contributed by atoms with E-state index in [1.54, 1.807) is 0 Å². The van der Waals surface area contributed by atoms with Crippen LogP contribution >= 0.6 is 10.0 Å². The lowest BCUT2D eigenvalue weighted by molar-refractivity contribution is 0.661. The van der Waals surface area contributed by atoms with E-state index < -0.39 is 10.0 Å². The zero-order valence-corrected chi connectivity index (χ0v) is 17.7. The molecule has 0 unspecified atom stereocenters. The van der Waals surface area contributed by atoms with Gasteiger partial charge in [-0.3, -0.25) is 0 Å². The van der Waals surface area contributed by atoms with Crippen LogP contribution in [0.4, 0.5) is 0 Å². The van der Waals surface area contributed by atoms with E-state index >= 15 is 0 Å². The molecule has 1 heteroatoms. The second-order valence-corrected chi connectivity index (χ2v) is 12.6. The Balaban J connectivity index is 1.75. The third kappa shape index (κ3) is 1.83. The van der Waals surface area contributed by atoms with Crippen LogP contribution in [0.2, 0.25) is 0 Å². The van der Waals surface area contributed by atoms with Gasteiger partial charge in [0.05, 0.1) is 0 Å². The summed E-state index contributed by atoms with van der Waals surface area (Å²) in [6.45, 7) is 4.72. The summed E-state index contributed by atoms with van der Waals surface area (Å²) in [7, 11) is -0.954. The lowest BCUT2D eigenvalue weighted by atomic mass is 9.81. The average molecular weight is 381 g/mol. The van der Waals surface area contributed by atoms with E-state index in [-0.39, 0.29) is 5.41 Å². The maximum Gasteiger partial charge on any atom is 0.0159 e. The average Bonchev–Trinajstić information content (AvgIpc) is 3.07. The molecular formula is C27H24S. The Morgan fingerprint density at radius 3 is 2.18 bits per heavy atom. The molecule has 0 atom stereocenters. The molecule has 138 valence electrons. The summed E-state index contributed by atoms with van der Waals surface area (Å²) in [6, 6.07) is 27.7. The smallest absolute Gasteiger partial charge is 0.0159 e. The summed E-state index contributed by atoms with van der Waals surface area (Å²) in [5.74, 6) is 0. The molecule has 0 amide bonds. The van der Waals surface area contributed by atoms with Crippen LogP contribution in [0.1, 0.15) is 25.0 Å². The highest BCUT2D eigenvalue weighted by molar-refractivity contribution is 8.33. The first-order valence-electron chi connectivity index (χ1n) is 9.94. The van der Waals surface area contributed by atoms with Crippen molar-refractivity contribution in [2.45, 2.75) is 29.1 Å². The molecule has 4 aromatic rings. The molecule has 28 heavy (non-hydrogen) atoms. The first-order valence-corrected chi connectivity index (χ1v) is 12.4. The molecule has 0 fully saturated rings. The van der Waals surface area contributed by atoms with Crippen molar-refractivity contribution in [3.05, 3.63) is 83.9 Å². The van der Waals surface area contributed by atoms with Gasteiger partial charge >= 0.3 is 0 Å². The zero-order valence-electron chi connectivity index (χ0n) is 16.8. The molecule has 0 bridgehead atoms. The van der Waals surface area contributed by atoms with Gasteiger partial charge in [0, 0.05) is 20.8 Å². The van der Waals surface area contributed by atoms with Crippen LogP contribution in [0.3, 0.4) is 0 Å². The van der Waals surface area contributed by atoms with Crippen LogP contribution in [-0.4, -0.2) is 12.5 Å². The van der Waals surface area contributed by atoms with Gasteiger partial charge in [0.25, 0.3) is 0 Å². The molecule has 6 rings (SSSR count). The maximum atomic E-state index is 2.48. The normalized spacial score (nSPS) is 18.3. The maximum absolute atomic E-state index is 2.48. The quantitative estimate of drug-likeness (QED) is 0.294. The van der Waals surface area contributed by atoms with Gasteiger partial charge < -0.3 is 0 Å². The molecule has 0 saturated heterocycles. The van der Waals surface area contributed by atoms with Crippen LogP contribution in [0.25, 0.3) is 33.0 Å². The standard InChI is InChI=1S/C27H24S/c1-27(2)22-11-7-5-9-18(22)21-16-20-17(15-23(21)27)13-14-25-26(20)19-10-6-8-12-24(19)28(25,3)4/h5-16H,1-4H3. The number of rotatable bonds is 0. The highest BCUT2D eigenvalue weighted by Gasteiger charge is 2.37. The van der Waals surface area contributed by atoms with E-state index in [9.17, 15) is 0 Å². The highest BCUT2D eigenvalue weighted by Crippen LogP contribution is 2.68. The van der Waals surface area contributed by atoms with Crippen molar-refractivity contribution in [1.29, 1.82) is 0 Å². The van der Waals surface area contributed by atoms with Crippen LogP contribution in [-0.2, 0) is 5.41 Å². The molecule has 0 spiro atoms. The van der Waals surface area contributed by atoms with Crippen molar-refractivity contribution in [1.82, 2.24) is 0 Å². The molecule has 0 N–H and O–H groups in total. The van der Waals surface area contributed by atoms with Crippen LogP contribution in [0.5, 0.6) is 0 Å². The third-order valence-corrected chi connectivity index (χ3v) is 9.83.